The van der Waals surface area contributed by atoms with Crippen molar-refractivity contribution in [2.24, 2.45) is 0 Å². The minimum absolute atomic E-state index is 0.0853. The number of hydrogen-bond acceptors (Lipinski definition) is 5. The van der Waals surface area contributed by atoms with Gasteiger partial charge in [0, 0.05) is 6.07 Å². The van der Waals surface area contributed by atoms with Gasteiger partial charge in [-0.25, -0.2) is 4.79 Å². The van der Waals surface area contributed by atoms with Crippen LogP contribution in [0.25, 0.3) is 0 Å². The fourth-order valence-electron chi connectivity index (χ4n) is 2.75. The molecule has 0 N–H and O–H groups in total. The fourth-order valence-corrected chi connectivity index (χ4v) is 2.88. The van der Waals surface area contributed by atoms with E-state index in [0.717, 1.165) is 17.5 Å². The summed E-state index contributed by atoms with van der Waals surface area (Å²) in [4.78, 5) is 12.6. The first-order valence-electron chi connectivity index (χ1n) is 9.07. The van der Waals surface area contributed by atoms with E-state index in [2.05, 4.69) is 24.0 Å². The van der Waals surface area contributed by atoms with E-state index >= 15 is 0 Å². The maximum absolute atomic E-state index is 12.6. The van der Waals surface area contributed by atoms with Crippen molar-refractivity contribution in [1.29, 1.82) is 0 Å². The van der Waals surface area contributed by atoms with Crippen LogP contribution in [0.1, 0.15) is 47.7 Å². The number of nitrogens with zero attached hydrogens (tertiary/aromatic N) is 2. The number of esters is 1. The molecule has 28 heavy (non-hydrogen) atoms. The van der Waals surface area contributed by atoms with Gasteiger partial charge >= 0.3 is 5.97 Å². The van der Waals surface area contributed by atoms with Crippen molar-refractivity contribution in [3.05, 3.63) is 76.4 Å². The Morgan fingerprint density at radius 3 is 2.54 bits per heavy atom. The molecule has 2 aromatic carbocycles. The largest absolute Gasteiger partial charge is 0.435 e. The molecule has 144 valence electrons. The van der Waals surface area contributed by atoms with Crippen molar-refractivity contribution >= 4 is 17.6 Å². The van der Waals surface area contributed by atoms with Gasteiger partial charge in [-0.1, -0.05) is 61.8 Å². The molecule has 1 unspecified atom stereocenters. The van der Waals surface area contributed by atoms with Gasteiger partial charge in [0.1, 0.15) is 5.75 Å². The van der Waals surface area contributed by atoms with Gasteiger partial charge in [0.05, 0.1) is 5.56 Å². The monoisotopic (exact) mass is 396 g/mol. The molecule has 0 radical (unpaired) electrons. The van der Waals surface area contributed by atoms with Gasteiger partial charge in [-0.15, -0.1) is 10.2 Å². The summed E-state index contributed by atoms with van der Waals surface area (Å²) in [6.07, 6.45) is 0.960. The first-order valence-corrected chi connectivity index (χ1v) is 9.45. The molecule has 0 saturated carbocycles. The van der Waals surface area contributed by atoms with E-state index in [1.165, 1.54) is 6.07 Å². The molecule has 3 rings (SSSR count). The van der Waals surface area contributed by atoms with Crippen molar-refractivity contribution in [2.75, 3.05) is 0 Å². The summed E-state index contributed by atoms with van der Waals surface area (Å²) >= 11 is 5.96. The first kappa shape index (κ1) is 19.8. The van der Waals surface area contributed by atoms with E-state index in [0.29, 0.717) is 17.2 Å². The fraction of sp³-hybridized carbons (Fsp3) is 0.227. The SMILES string of the molecule is CCC(C)c1ccccc1Oc1nnc(Cl)cc1OC(=O)c1ccccc1C. The Hall–Kier alpha value is -2.92. The molecule has 0 fully saturated rings. The number of carbonyl (C=O) groups excluding carboxylic acids is 1. The molecular weight excluding hydrogens is 376 g/mol. The predicted octanol–water partition coefficient (Wildman–Crippen LogP) is 5.96. The molecule has 0 aliphatic heterocycles. The van der Waals surface area contributed by atoms with Crippen LogP contribution in [0.5, 0.6) is 17.4 Å². The quantitative estimate of drug-likeness (QED) is 0.481. The number of aromatic nitrogens is 2. The summed E-state index contributed by atoms with van der Waals surface area (Å²) in [5.41, 5.74) is 2.31. The number of ether oxygens (including phenoxy) is 2. The molecule has 3 aromatic rings. The van der Waals surface area contributed by atoms with Crippen LogP contribution in [-0.4, -0.2) is 16.2 Å². The van der Waals surface area contributed by atoms with E-state index in [1.807, 2.05) is 43.3 Å². The summed E-state index contributed by atoms with van der Waals surface area (Å²) in [6.45, 7) is 6.07. The Morgan fingerprint density at radius 2 is 1.79 bits per heavy atom. The summed E-state index contributed by atoms with van der Waals surface area (Å²) in [5, 5.41) is 7.92. The van der Waals surface area contributed by atoms with Gasteiger partial charge in [-0.3, -0.25) is 0 Å². The number of benzene rings is 2. The first-order chi connectivity index (χ1) is 13.5. The third kappa shape index (κ3) is 4.49. The van der Waals surface area contributed by atoms with Gasteiger partial charge in [0.15, 0.2) is 10.9 Å². The maximum Gasteiger partial charge on any atom is 0.343 e. The smallest absolute Gasteiger partial charge is 0.343 e. The molecule has 0 bridgehead atoms. The Kier molecular flexibility index (Phi) is 6.26. The molecule has 5 nitrogen and oxygen atoms in total. The zero-order valence-electron chi connectivity index (χ0n) is 16.0. The topological polar surface area (TPSA) is 61.3 Å². The Morgan fingerprint density at radius 1 is 1.07 bits per heavy atom. The summed E-state index contributed by atoms with van der Waals surface area (Å²) in [5.74, 6) is 0.632. The standard InChI is InChI=1S/C22H21ClN2O3/c1-4-14(2)16-10-7-8-12-18(16)27-21-19(13-20(23)24-25-21)28-22(26)17-11-6-5-9-15(17)3/h5-14H,4H2,1-3H3. The minimum Gasteiger partial charge on any atom is -0.435 e. The molecule has 0 amide bonds. The van der Waals surface area contributed by atoms with E-state index in [1.54, 1.807) is 12.1 Å². The van der Waals surface area contributed by atoms with Crippen molar-refractivity contribution in [3.8, 4) is 17.4 Å². The average molecular weight is 397 g/mol. The lowest BCUT2D eigenvalue weighted by Gasteiger charge is -2.16. The number of hydrogen-bond donors (Lipinski definition) is 0. The van der Waals surface area contributed by atoms with Crippen LogP contribution in [-0.2, 0) is 0 Å². The van der Waals surface area contributed by atoms with Crippen LogP contribution < -0.4 is 9.47 Å². The summed E-state index contributed by atoms with van der Waals surface area (Å²) in [7, 11) is 0. The second-order valence-electron chi connectivity index (χ2n) is 6.49. The molecule has 0 aliphatic rings. The van der Waals surface area contributed by atoms with E-state index in [9.17, 15) is 4.79 Å². The van der Waals surface area contributed by atoms with Crippen molar-refractivity contribution in [3.63, 3.8) is 0 Å². The van der Waals surface area contributed by atoms with Crippen LogP contribution in [0.2, 0.25) is 5.15 Å². The Labute approximate surface area is 169 Å². The van der Waals surface area contributed by atoms with Crippen molar-refractivity contribution in [2.45, 2.75) is 33.1 Å². The number of rotatable bonds is 6. The van der Waals surface area contributed by atoms with E-state index < -0.39 is 5.97 Å². The van der Waals surface area contributed by atoms with Crippen LogP contribution in [0, 0.1) is 6.92 Å². The zero-order chi connectivity index (χ0) is 20.1. The van der Waals surface area contributed by atoms with E-state index in [4.69, 9.17) is 21.1 Å². The Balaban J connectivity index is 1.92. The van der Waals surface area contributed by atoms with Crippen molar-refractivity contribution < 1.29 is 14.3 Å². The maximum atomic E-state index is 12.6. The number of aryl methyl sites for hydroxylation is 1. The highest BCUT2D eigenvalue weighted by molar-refractivity contribution is 6.29. The van der Waals surface area contributed by atoms with Crippen LogP contribution in [0.4, 0.5) is 0 Å². The number of para-hydroxylation sites is 1. The lowest BCUT2D eigenvalue weighted by molar-refractivity contribution is 0.0728. The molecule has 0 aliphatic carbocycles. The van der Waals surface area contributed by atoms with Gasteiger partial charge < -0.3 is 9.47 Å². The van der Waals surface area contributed by atoms with Crippen LogP contribution in [0.15, 0.2) is 54.6 Å². The summed E-state index contributed by atoms with van der Waals surface area (Å²) < 4.78 is 11.5. The molecule has 1 heterocycles. The highest BCUT2D eigenvalue weighted by Crippen LogP contribution is 2.35. The molecule has 6 heteroatoms. The van der Waals surface area contributed by atoms with Gasteiger partial charge in [-0.2, -0.15) is 0 Å². The summed E-state index contributed by atoms with van der Waals surface area (Å²) in [6, 6.07) is 16.3. The second-order valence-corrected chi connectivity index (χ2v) is 6.88. The third-order valence-electron chi connectivity index (χ3n) is 4.53. The molecular formula is C22H21ClN2O3. The normalized spacial score (nSPS) is 11.7. The molecule has 0 saturated heterocycles. The molecule has 0 spiro atoms. The third-order valence-corrected chi connectivity index (χ3v) is 4.72. The van der Waals surface area contributed by atoms with Crippen LogP contribution >= 0.6 is 11.6 Å². The van der Waals surface area contributed by atoms with Crippen LogP contribution in [0.3, 0.4) is 0 Å². The second kappa shape index (κ2) is 8.85. The van der Waals surface area contributed by atoms with E-state index in [-0.39, 0.29) is 16.8 Å². The zero-order valence-corrected chi connectivity index (χ0v) is 16.7. The molecule has 1 aromatic heterocycles. The highest BCUT2D eigenvalue weighted by Gasteiger charge is 2.19. The predicted molar refractivity (Wildman–Crippen MR) is 108 cm³/mol. The van der Waals surface area contributed by atoms with Gasteiger partial charge in [0.2, 0.25) is 0 Å². The van der Waals surface area contributed by atoms with Gasteiger partial charge in [-0.05, 0) is 42.5 Å². The Bertz CT molecular complexity index is 991. The van der Waals surface area contributed by atoms with Gasteiger partial charge in [0.25, 0.3) is 5.88 Å². The number of carbonyl (C=O) groups is 1. The highest BCUT2D eigenvalue weighted by atomic mass is 35.5. The lowest BCUT2D eigenvalue weighted by Crippen LogP contribution is -2.11. The van der Waals surface area contributed by atoms with Crippen molar-refractivity contribution in [1.82, 2.24) is 10.2 Å². The molecule has 1 atom stereocenters. The number of halogens is 1. The lowest BCUT2D eigenvalue weighted by atomic mass is 9.98. The minimum atomic E-state index is -0.512. The average Bonchev–Trinajstić information content (AvgIpc) is 2.70.